The van der Waals surface area contributed by atoms with Crippen LogP contribution in [0.2, 0.25) is 0 Å². The largest absolute Gasteiger partial charge is 0.305 e. The molecule has 2 nitrogen and oxygen atoms in total. The summed E-state index contributed by atoms with van der Waals surface area (Å²) in [7, 11) is 0. The number of thiophene rings is 1. The summed E-state index contributed by atoms with van der Waals surface area (Å²) in [5.41, 5.74) is 0. The highest BCUT2D eigenvalue weighted by Crippen LogP contribution is 2.12. The molecule has 1 heterocycles. The maximum atomic E-state index is 11.7. The van der Waals surface area contributed by atoms with Crippen LogP contribution in [0.5, 0.6) is 0 Å². The summed E-state index contributed by atoms with van der Waals surface area (Å²) < 4.78 is 0. The molecule has 0 aliphatic rings. The fourth-order valence-electron chi connectivity index (χ4n) is 1.54. The molecule has 0 aliphatic carbocycles. The van der Waals surface area contributed by atoms with Gasteiger partial charge in [0.15, 0.2) is 0 Å². The van der Waals surface area contributed by atoms with E-state index in [1.807, 2.05) is 13.0 Å². The lowest BCUT2D eigenvalue weighted by molar-refractivity contribution is -0.120. The van der Waals surface area contributed by atoms with Gasteiger partial charge < -0.3 is 5.32 Å². The second-order valence-electron chi connectivity index (χ2n) is 3.98. The highest BCUT2D eigenvalue weighted by molar-refractivity contribution is 7.09. The van der Waals surface area contributed by atoms with Gasteiger partial charge in [0, 0.05) is 23.8 Å². The topological polar surface area (TPSA) is 29.1 Å². The van der Waals surface area contributed by atoms with Gasteiger partial charge in [-0.2, -0.15) is 0 Å². The zero-order valence-electron chi connectivity index (χ0n) is 9.62. The van der Waals surface area contributed by atoms with Gasteiger partial charge in [-0.3, -0.25) is 4.79 Å². The molecule has 1 atom stereocenters. The molecule has 0 aliphatic heterocycles. The molecule has 0 bridgehead atoms. The van der Waals surface area contributed by atoms with Crippen molar-refractivity contribution in [2.45, 2.75) is 45.7 Å². The van der Waals surface area contributed by atoms with Gasteiger partial charge in [0.25, 0.3) is 0 Å². The van der Waals surface area contributed by atoms with Crippen LogP contribution in [-0.2, 0) is 11.2 Å². The van der Waals surface area contributed by atoms with Gasteiger partial charge in [-0.25, -0.2) is 0 Å². The minimum absolute atomic E-state index is 0.0198. The molecule has 0 fully saturated rings. The Bertz CT molecular complexity index is 293. The fourth-order valence-corrected chi connectivity index (χ4v) is 2.30. The van der Waals surface area contributed by atoms with E-state index in [0.29, 0.717) is 18.2 Å². The molecule has 0 saturated heterocycles. The first kappa shape index (κ1) is 12.4. The van der Waals surface area contributed by atoms with Crippen LogP contribution in [0, 0.1) is 0 Å². The predicted molar refractivity (Wildman–Crippen MR) is 65.4 cm³/mol. The molecule has 0 saturated carbocycles. The molecule has 84 valence electrons. The minimum atomic E-state index is -0.0198. The Kier molecular flexibility index (Phi) is 4.99. The van der Waals surface area contributed by atoms with Gasteiger partial charge in [-0.1, -0.05) is 26.8 Å². The van der Waals surface area contributed by atoms with E-state index in [1.165, 1.54) is 4.88 Å². The Hall–Kier alpha value is -0.670. The minimum Gasteiger partial charge on any atom is -0.305 e. The summed E-state index contributed by atoms with van der Waals surface area (Å²) in [6.45, 7) is 6.07. The Labute approximate surface area is 95.7 Å². The van der Waals surface area contributed by atoms with Gasteiger partial charge in [-0.15, -0.1) is 11.3 Å². The third kappa shape index (κ3) is 4.14. The van der Waals surface area contributed by atoms with Crippen LogP contribution in [0.3, 0.4) is 0 Å². The molecule has 1 N–H and O–H groups in total. The Morgan fingerprint density at radius 2 is 2.27 bits per heavy atom. The van der Waals surface area contributed by atoms with Crippen molar-refractivity contribution >= 4 is 17.1 Å². The lowest BCUT2D eigenvalue weighted by Gasteiger charge is -2.18. The molecule has 0 aromatic carbocycles. The number of ketones is 1. The third-order valence-corrected chi connectivity index (χ3v) is 3.16. The van der Waals surface area contributed by atoms with Crippen molar-refractivity contribution in [3.8, 4) is 0 Å². The van der Waals surface area contributed by atoms with Gasteiger partial charge in [-0.05, 0) is 11.4 Å². The van der Waals surface area contributed by atoms with Crippen LogP contribution < -0.4 is 5.32 Å². The number of Topliss-reactive ketones (excluding diaryl/α,β-unsaturated/α-hetero) is 1. The third-order valence-electron chi connectivity index (χ3n) is 2.26. The second kappa shape index (κ2) is 6.03. The Morgan fingerprint density at radius 1 is 1.53 bits per heavy atom. The van der Waals surface area contributed by atoms with E-state index in [9.17, 15) is 4.79 Å². The number of carbonyl (C=O) groups is 1. The van der Waals surface area contributed by atoms with E-state index in [-0.39, 0.29) is 6.04 Å². The van der Waals surface area contributed by atoms with Gasteiger partial charge in [0.05, 0.1) is 6.04 Å². The average molecular weight is 225 g/mol. The molecule has 15 heavy (non-hydrogen) atoms. The van der Waals surface area contributed by atoms with Crippen LogP contribution in [0.25, 0.3) is 0 Å². The Balaban J connectivity index is 2.60. The zero-order valence-corrected chi connectivity index (χ0v) is 10.4. The number of nitrogens with one attached hydrogen (secondary N) is 1. The van der Waals surface area contributed by atoms with Gasteiger partial charge >= 0.3 is 0 Å². The maximum absolute atomic E-state index is 11.7. The van der Waals surface area contributed by atoms with Crippen molar-refractivity contribution in [3.63, 3.8) is 0 Å². The molecule has 0 radical (unpaired) electrons. The molecular weight excluding hydrogens is 206 g/mol. The standard InChI is InChI=1S/C12H19NOS/c1-4-12(14)11(13-9(2)3)8-10-6-5-7-15-10/h5-7,9,11,13H,4,8H2,1-3H3. The van der Waals surface area contributed by atoms with E-state index in [4.69, 9.17) is 0 Å². The van der Waals surface area contributed by atoms with Crippen molar-refractivity contribution in [1.82, 2.24) is 5.32 Å². The van der Waals surface area contributed by atoms with E-state index < -0.39 is 0 Å². The first-order valence-corrected chi connectivity index (χ1v) is 6.32. The molecule has 3 heteroatoms. The lowest BCUT2D eigenvalue weighted by atomic mass is 10.1. The van der Waals surface area contributed by atoms with Crippen molar-refractivity contribution in [3.05, 3.63) is 22.4 Å². The SMILES string of the molecule is CCC(=O)C(Cc1cccs1)NC(C)C. The smallest absolute Gasteiger partial charge is 0.149 e. The summed E-state index contributed by atoms with van der Waals surface area (Å²) in [4.78, 5) is 13.0. The van der Waals surface area contributed by atoms with Crippen LogP contribution in [0.4, 0.5) is 0 Å². The Morgan fingerprint density at radius 3 is 2.73 bits per heavy atom. The van der Waals surface area contributed by atoms with Crippen molar-refractivity contribution in [2.75, 3.05) is 0 Å². The summed E-state index contributed by atoms with van der Waals surface area (Å²) in [5.74, 6) is 0.303. The average Bonchev–Trinajstić information content (AvgIpc) is 2.67. The van der Waals surface area contributed by atoms with Crippen LogP contribution in [0.1, 0.15) is 32.1 Å². The number of rotatable bonds is 6. The second-order valence-corrected chi connectivity index (χ2v) is 5.01. The summed E-state index contributed by atoms with van der Waals surface area (Å²) in [5, 5.41) is 5.38. The summed E-state index contributed by atoms with van der Waals surface area (Å²) >= 11 is 1.71. The van der Waals surface area contributed by atoms with Crippen molar-refractivity contribution < 1.29 is 4.79 Å². The normalized spacial score (nSPS) is 13.1. The molecule has 1 aromatic heterocycles. The molecule has 1 rings (SSSR count). The van der Waals surface area contributed by atoms with E-state index >= 15 is 0 Å². The van der Waals surface area contributed by atoms with Crippen LogP contribution >= 0.6 is 11.3 Å². The number of hydrogen-bond acceptors (Lipinski definition) is 3. The maximum Gasteiger partial charge on any atom is 0.149 e. The van der Waals surface area contributed by atoms with Gasteiger partial charge in [0.2, 0.25) is 0 Å². The van der Waals surface area contributed by atoms with E-state index in [0.717, 1.165) is 6.42 Å². The highest BCUT2D eigenvalue weighted by Gasteiger charge is 2.17. The predicted octanol–water partition coefficient (Wildman–Crippen LogP) is 2.64. The van der Waals surface area contributed by atoms with E-state index in [2.05, 4.69) is 30.6 Å². The van der Waals surface area contributed by atoms with Crippen LogP contribution in [0.15, 0.2) is 17.5 Å². The molecule has 0 amide bonds. The number of carbonyl (C=O) groups excluding carboxylic acids is 1. The van der Waals surface area contributed by atoms with Gasteiger partial charge in [0.1, 0.15) is 5.78 Å². The summed E-state index contributed by atoms with van der Waals surface area (Å²) in [6, 6.07) is 4.45. The molecular formula is C12H19NOS. The zero-order chi connectivity index (χ0) is 11.3. The number of hydrogen-bond donors (Lipinski definition) is 1. The highest BCUT2D eigenvalue weighted by atomic mass is 32.1. The first-order chi connectivity index (χ1) is 7.13. The quantitative estimate of drug-likeness (QED) is 0.806. The monoisotopic (exact) mass is 225 g/mol. The first-order valence-electron chi connectivity index (χ1n) is 5.44. The summed E-state index contributed by atoms with van der Waals surface area (Å²) in [6.07, 6.45) is 1.43. The lowest BCUT2D eigenvalue weighted by Crippen LogP contribution is -2.42. The fraction of sp³-hybridized carbons (Fsp3) is 0.583. The molecule has 1 unspecified atom stereocenters. The van der Waals surface area contributed by atoms with Crippen LogP contribution in [-0.4, -0.2) is 17.9 Å². The van der Waals surface area contributed by atoms with Crippen molar-refractivity contribution in [2.24, 2.45) is 0 Å². The molecule has 0 spiro atoms. The molecule has 1 aromatic rings. The van der Waals surface area contributed by atoms with Crippen molar-refractivity contribution in [1.29, 1.82) is 0 Å². The van der Waals surface area contributed by atoms with E-state index in [1.54, 1.807) is 11.3 Å².